The SMILES string of the molecule is CC1(C)[C@H]2CC[C@]1(C)[C@H](OC(=O)C1CCC(=O)N1)C2. The van der Waals surface area contributed by atoms with E-state index in [0.717, 1.165) is 12.8 Å². The van der Waals surface area contributed by atoms with E-state index in [1.54, 1.807) is 0 Å². The Hall–Kier alpha value is -1.06. The van der Waals surface area contributed by atoms with E-state index in [4.69, 9.17) is 4.74 Å². The van der Waals surface area contributed by atoms with Crippen LogP contribution in [0.4, 0.5) is 0 Å². The van der Waals surface area contributed by atoms with Gasteiger partial charge < -0.3 is 10.1 Å². The highest BCUT2D eigenvalue weighted by atomic mass is 16.5. The third kappa shape index (κ3) is 1.72. The monoisotopic (exact) mass is 265 g/mol. The molecule has 1 amide bonds. The lowest BCUT2D eigenvalue weighted by Gasteiger charge is -2.38. The minimum absolute atomic E-state index is 0.0197. The molecule has 106 valence electrons. The molecule has 4 heteroatoms. The van der Waals surface area contributed by atoms with Gasteiger partial charge in [0.15, 0.2) is 0 Å². The number of nitrogens with one attached hydrogen (secondary N) is 1. The van der Waals surface area contributed by atoms with E-state index in [-0.39, 0.29) is 28.8 Å². The fraction of sp³-hybridized carbons (Fsp3) is 0.867. The van der Waals surface area contributed by atoms with Gasteiger partial charge in [-0.15, -0.1) is 0 Å². The first kappa shape index (κ1) is 12.9. The third-order valence-electron chi connectivity index (χ3n) is 6.25. The predicted molar refractivity (Wildman–Crippen MR) is 70.3 cm³/mol. The van der Waals surface area contributed by atoms with E-state index in [1.807, 2.05) is 0 Å². The lowest BCUT2D eigenvalue weighted by molar-refractivity contribution is -0.159. The molecular formula is C15H23NO3. The molecule has 19 heavy (non-hydrogen) atoms. The van der Waals surface area contributed by atoms with Crippen LogP contribution in [0.3, 0.4) is 0 Å². The van der Waals surface area contributed by atoms with Gasteiger partial charge in [-0.3, -0.25) is 4.79 Å². The Morgan fingerprint density at radius 2 is 2.05 bits per heavy atom. The molecular weight excluding hydrogens is 242 g/mol. The number of hydrogen-bond acceptors (Lipinski definition) is 3. The second-order valence-corrected chi connectivity index (χ2v) is 7.19. The highest BCUT2D eigenvalue weighted by molar-refractivity contribution is 5.88. The molecule has 1 saturated heterocycles. The molecule has 1 unspecified atom stereocenters. The molecule has 4 nitrogen and oxygen atoms in total. The summed E-state index contributed by atoms with van der Waals surface area (Å²) < 4.78 is 5.76. The van der Waals surface area contributed by atoms with Crippen LogP contribution < -0.4 is 5.32 Å². The molecule has 0 aromatic rings. The van der Waals surface area contributed by atoms with Crippen LogP contribution in [0.25, 0.3) is 0 Å². The van der Waals surface area contributed by atoms with Gasteiger partial charge in [0.05, 0.1) is 0 Å². The van der Waals surface area contributed by atoms with Crippen LogP contribution in [0, 0.1) is 16.7 Å². The van der Waals surface area contributed by atoms with Crippen LogP contribution in [-0.4, -0.2) is 24.0 Å². The predicted octanol–water partition coefficient (Wildman–Crippen LogP) is 2.02. The molecule has 3 aliphatic rings. The van der Waals surface area contributed by atoms with Crippen molar-refractivity contribution in [1.29, 1.82) is 0 Å². The molecule has 2 bridgehead atoms. The summed E-state index contributed by atoms with van der Waals surface area (Å²) in [5.74, 6) is 0.385. The Labute approximate surface area is 114 Å². The lowest BCUT2D eigenvalue weighted by atomic mass is 9.70. The van der Waals surface area contributed by atoms with Crippen LogP contribution in [0.2, 0.25) is 0 Å². The van der Waals surface area contributed by atoms with Crippen molar-refractivity contribution in [1.82, 2.24) is 5.32 Å². The topological polar surface area (TPSA) is 55.4 Å². The van der Waals surface area contributed by atoms with Gasteiger partial charge in [0, 0.05) is 11.8 Å². The lowest BCUT2D eigenvalue weighted by Crippen LogP contribution is -2.42. The first-order valence-corrected chi connectivity index (χ1v) is 7.34. The van der Waals surface area contributed by atoms with Gasteiger partial charge in [-0.1, -0.05) is 20.8 Å². The third-order valence-corrected chi connectivity index (χ3v) is 6.25. The van der Waals surface area contributed by atoms with Crippen LogP contribution in [0.15, 0.2) is 0 Å². The van der Waals surface area contributed by atoms with E-state index in [0.29, 0.717) is 18.8 Å². The number of rotatable bonds is 2. The van der Waals surface area contributed by atoms with Crippen molar-refractivity contribution in [3.8, 4) is 0 Å². The molecule has 0 spiro atoms. The summed E-state index contributed by atoms with van der Waals surface area (Å²) in [7, 11) is 0. The van der Waals surface area contributed by atoms with Crippen LogP contribution in [0.1, 0.15) is 52.9 Å². The van der Waals surface area contributed by atoms with Crippen molar-refractivity contribution in [2.75, 3.05) is 0 Å². The summed E-state index contributed by atoms with van der Waals surface area (Å²) in [5, 5.41) is 2.69. The molecule has 1 aliphatic heterocycles. The summed E-state index contributed by atoms with van der Waals surface area (Å²) >= 11 is 0. The van der Waals surface area contributed by atoms with Gasteiger partial charge in [0.25, 0.3) is 0 Å². The maximum Gasteiger partial charge on any atom is 0.328 e. The van der Waals surface area contributed by atoms with Gasteiger partial charge in [0.2, 0.25) is 5.91 Å². The second kappa shape index (κ2) is 3.97. The van der Waals surface area contributed by atoms with E-state index >= 15 is 0 Å². The average molecular weight is 265 g/mol. The smallest absolute Gasteiger partial charge is 0.328 e. The van der Waals surface area contributed by atoms with Gasteiger partial charge in [-0.2, -0.15) is 0 Å². The number of carbonyl (C=O) groups is 2. The Morgan fingerprint density at radius 1 is 1.32 bits per heavy atom. The fourth-order valence-electron chi connectivity index (χ4n) is 4.32. The van der Waals surface area contributed by atoms with Crippen molar-refractivity contribution in [3.63, 3.8) is 0 Å². The minimum Gasteiger partial charge on any atom is -0.460 e. The minimum atomic E-state index is -0.418. The molecule has 2 saturated carbocycles. The molecule has 2 aliphatic carbocycles. The van der Waals surface area contributed by atoms with Crippen molar-refractivity contribution in [2.24, 2.45) is 16.7 Å². The van der Waals surface area contributed by atoms with Crippen molar-refractivity contribution < 1.29 is 14.3 Å². The summed E-state index contributed by atoms with van der Waals surface area (Å²) in [4.78, 5) is 23.3. The molecule has 0 aromatic heterocycles. The zero-order valence-corrected chi connectivity index (χ0v) is 12.0. The molecule has 0 radical (unpaired) electrons. The van der Waals surface area contributed by atoms with Crippen molar-refractivity contribution in [2.45, 2.75) is 65.0 Å². The normalized spacial score (nSPS) is 43.3. The van der Waals surface area contributed by atoms with E-state index < -0.39 is 6.04 Å². The highest BCUT2D eigenvalue weighted by Crippen LogP contribution is 2.66. The summed E-state index contributed by atoms with van der Waals surface area (Å²) in [6.07, 6.45) is 4.41. The highest BCUT2D eigenvalue weighted by Gasteiger charge is 2.63. The van der Waals surface area contributed by atoms with Gasteiger partial charge in [-0.25, -0.2) is 4.79 Å². The zero-order valence-electron chi connectivity index (χ0n) is 12.0. The van der Waals surface area contributed by atoms with Gasteiger partial charge >= 0.3 is 5.97 Å². The number of hydrogen-bond donors (Lipinski definition) is 1. The molecule has 0 aromatic carbocycles. The molecule has 1 N–H and O–H groups in total. The number of esters is 1. The molecule has 4 atom stereocenters. The van der Waals surface area contributed by atoms with Crippen LogP contribution in [-0.2, 0) is 14.3 Å². The first-order chi connectivity index (χ1) is 8.84. The number of fused-ring (bicyclic) bond motifs is 2. The quantitative estimate of drug-likeness (QED) is 0.777. The standard InChI is InChI=1S/C15H23NO3/c1-14(2)9-6-7-15(14,3)11(8-9)19-13(18)10-4-5-12(17)16-10/h9-11H,4-8H2,1-3H3,(H,16,17)/t9-,10?,11+,15+/m0/s1. The molecule has 3 rings (SSSR count). The maximum absolute atomic E-state index is 12.1. The molecule has 1 heterocycles. The Bertz CT molecular complexity index is 431. The van der Waals surface area contributed by atoms with Crippen molar-refractivity contribution >= 4 is 11.9 Å². The van der Waals surface area contributed by atoms with E-state index in [2.05, 4.69) is 26.1 Å². The second-order valence-electron chi connectivity index (χ2n) is 7.19. The van der Waals surface area contributed by atoms with Gasteiger partial charge in [0.1, 0.15) is 12.1 Å². The van der Waals surface area contributed by atoms with Crippen LogP contribution >= 0.6 is 0 Å². The van der Waals surface area contributed by atoms with E-state index in [9.17, 15) is 9.59 Å². The van der Waals surface area contributed by atoms with E-state index in [1.165, 1.54) is 6.42 Å². The molecule has 3 fully saturated rings. The number of ether oxygens (including phenoxy) is 1. The van der Waals surface area contributed by atoms with Gasteiger partial charge in [-0.05, 0) is 37.0 Å². The Morgan fingerprint density at radius 3 is 2.53 bits per heavy atom. The fourth-order valence-corrected chi connectivity index (χ4v) is 4.32. The maximum atomic E-state index is 12.1. The number of amides is 1. The largest absolute Gasteiger partial charge is 0.460 e. The summed E-state index contributed by atoms with van der Waals surface area (Å²) in [6, 6.07) is -0.418. The van der Waals surface area contributed by atoms with Crippen LogP contribution in [0.5, 0.6) is 0 Å². The average Bonchev–Trinajstić information content (AvgIpc) is 2.91. The number of carbonyl (C=O) groups excluding carboxylic acids is 2. The summed E-state index contributed by atoms with van der Waals surface area (Å²) in [6.45, 7) is 6.86. The first-order valence-electron chi connectivity index (χ1n) is 7.34. The Balaban J connectivity index is 1.69. The summed E-state index contributed by atoms with van der Waals surface area (Å²) in [5.41, 5.74) is 0.340. The van der Waals surface area contributed by atoms with Crippen molar-refractivity contribution in [3.05, 3.63) is 0 Å². The Kier molecular flexibility index (Phi) is 2.70. The zero-order chi connectivity index (χ0) is 13.8.